The van der Waals surface area contributed by atoms with Crippen molar-refractivity contribution in [2.75, 3.05) is 26.3 Å². The summed E-state index contributed by atoms with van der Waals surface area (Å²) in [6.07, 6.45) is 0. The van der Waals surface area contributed by atoms with Crippen LogP contribution in [0.3, 0.4) is 0 Å². The highest BCUT2D eigenvalue weighted by molar-refractivity contribution is 6.07. The van der Waals surface area contributed by atoms with Crippen molar-refractivity contribution in [1.29, 1.82) is 0 Å². The van der Waals surface area contributed by atoms with Gasteiger partial charge in [0.25, 0.3) is 5.91 Å². The fourth-order valence-electron chi connectivity index (χ4n) is 2.20. The predicted molar refractivity (Wildman–Crippen MR) is 80.1 cm³/mol. The normalized spacial score (nSPS) is 11.9. The minimum absolute atomic E-state index is 0.117. The molecule has 1 heterocycles. The fraction of sp³-hybridized carbons (Fsp3) is 0.188. The van der Waals surface area contributed by atoms with Crippen molar-refractivity contribution in [2.24, 2.45) is 0 Å². The smallest absolute Gasteiger partial charge is 0.259 e. The van der Waals surface area contributed by atoms with E-state index in [2.05, 4.69) is 5.32 Å². The maximum absolute atomic E-state index is 12.5. The third-order valence-corrected chi connectivity index (χ3v) is 3.30. The summed E-state index contributed by atoms with van der Waals surface area (Å²) >= 11 is 0. The molecule has 0 aliphatic carbocycles. The van der Waals surface area contributed by atoms with Gasteiger partial charge in [0.15, 0.2) is 11.5 Å². The lowest BCUT2D eigenvalue weighted by Gasteiger charge is -2.12. The zero-order chi connectivity index (χ0) is 15.5. The van der Waals surface area contributed by atoms with Gasteiger partial charge in [0.1, 0.15) is 11.5 Å². The summed E-state index contributed by atoms with van der Waals surface area (Å²) in [6, 6.07) is 10.3. The van der Waals surface area contributed by atoms with Gasteiger partial charge in [-0.3, -0.25) is 4.79 Å². The number of amides is 1. The quantitative estimate of drug-likeness (QED) is 0.940. The van der Waals surface area contributed by atoms with E-state index < -0.39 is 0 Å². The molecule has 0 radical (unpaired) electrons. The molecular weight excluding hydrogens is 286 g/mol. The number of anilines is 1. The van der Waals surface area contributed by atoms with E-state index in [0.29, 0.717) is 34.2 Å². The minimum atomic E-state index is -0.300. The van der Waals surface area contributed by atoms with Crippen molar-refractivity contribution in [2.45, 2.75) is 0 Å². The van der Waals surface area contributed by atoms with Crippen LogP contribution in [-0.2, 0) is 0 Å². The standard InChI is InChI=1S/C16H15NO5/c1-19-10-6-7-12(14(8-10)20-2)17-16(18)11-4-3-5-13-15(11)22-9-21-13/h3-8H,9H2,1-2H3,(H,17,18). The Kier molecular flexibility index (Phi) is 3.74. The van der Waals surface area contributed by atoms with E-state index in [9.17, 15) is 4.79 Å². The summed E-state index contributed by atoms with van der Waals surface area (Å²) in [6.45, 7) is 0.117. The summed E-state index contributed by atoms with van der Waals surface area (Å²) in [7, 11) is 3.10. The molecule has 0 aromatic heterocycles. The first-order chi connectivity index (χ1) is 10.7. The first kappa shape index (κ1) is 14.1. The van der Waals surface area contributed by atoms with E-state index >= 15 is 0 Å². The van der Waals surface area contributed by atoms with Crippen molar-refractivity contribution < 1.29 is 23.7 Å². The molecule has 1 N–H and O–H groups in total. The number of ether oxygens (including phenoxy) is 4. The number of nitrogens with one attached hydrogen (secondary N) is 1. The van der Waals surface area contributed by atoms with E-state index in [4.69, 9.17) is 18.9 Å². The molecule has 6 nitrogen and oxygen atoms in total. The van der Waals surface area contributed by atoms with E-state index in [1.54, 1.807) is 43.5 Å². The zero-order valence-corrected chi connectivity index (χ0v) is 12.2. The second kappa shape index (κ2) is 5.85. The Morgan fingerprint density at radius 3 is 2.77 bits per heavy atom. The number of rotatable bonds is 4. The second-order valence-corrected chi connectivity index (χ2v) is 4.56. The molecule has 6 heteroatoms. The minimum Gasteiger partial charge on any atom is -0.497 e. The third-order valence-electron chi connectivity index (χ3n) is 3.30. The molecule has 0 bridgehead atoms. The van der Waals surface area contributed by atoms with Gasteiger partial charge in [-0.05, 0) is 24.3 Å². The van der Waals surface area contributed by atoms with E-state index in [1.807, 2.05) is 0 Å². The van der Waals surface area contributed by atoms with E-state index in [-0.39, 0.29) is 12.7 Å². The monoisotopic (exact) mass is 301 g/mol. The summed E-state index contributed by atoms with van der Waals surface area (Å²) in [5.41, 5.74) is 0.956. The SMILES string of the molecule is COc1ccc(NC(=O)c2cccc3c2OCO3)c(OC)c1. The van der Waals surface area contributed by atoms with Crippen molar-refractivity contribution in [3.63, 3.8) is 0 Å². The molecule has 2 aromatic rings. The van der Waals surface area contributed by atoms with Crippen LogP contribution in [-0.4, -0.2) is 26.9 Å². The fourth-order valence-corrected chi connectivity index (χ4v) is 2.20. The van der Waals surface area contributed by atoms with Crippen molar-refractivity contribution in [1.82, 2.24) is 0 Å². The molecule has 0 fully saturated rings. The average Bonchev–Trinajstić information content (AvgIpc) is 3.03. The molecule has 1 aliphatic heterocycles. The molecule has 22 heavy (non-hydrogen) atoms. The maximum atomic E-state index is 12.5. The van der Waals surface area contributed by atoms with Crippen LogP contribution in [0.4, 0.5) is 5.69 Å². The Labute approximate surface area is 127 Å². The van der Waals surface area contributed by atoms with Crippen LogP contribution in [0, 0.1) is 0 Å². The number of methoxy groups -OCH3 is 2. The van der Waals surface area contributed by atoms with Crippen molar-refractivity contribution in [3.05, 3.63) is 42.0 Å². The highest BCUT2D eigenvalue weighted by Crippen LogP contribution is 2.36. The second-order valence-electron chi connectivity index (χ2n) is 4.56. The van der Waals surface area contributed by atoms with Crippen LogP contribution >= 0.6 is 0 Å². The Hall–Kier alpha value is -2.89. The maximum Gasteiger partial charge on any atom is 0.259 e. The predicted octanol–water partition coefficient (Wildman–Crippen LogP) is 2.68. The molecule has 1 amide bonds. The number of benzene rings is 2. The molecule has 114 valence electrons. The lowest BCUT2D eigenvalue weighted by Crippen LogP contribution is -2.13. The first-order valence-corrected chi connectivity index (χ1v) is 6.65. The molecule has 0 saturated heterocycles. The number of fused-ring (bicyclic) bond motifs is 1. The Morgan fingerprint density at radius 1 is 1.14 bits per heavy atom. The molecule has 2 aromatic carbocycles. The number of hydrogen-bond acceptors (Lipinski definition) is 5. The van der Waals surface area contributed by atoms with Crippen molar-refractivity contribution >= 4 is 11.6 Å². The molecule has 0 saturated carbocycles. The average molecular weight is 301 g/mol. The van der Waals surface area contributed by atoms with Gasteiger partial charge >= 0.3 is 0 Å². The highest BCUT2D eigenvalue weighted by atomic mass is 16.7. The van der Waals surface area contributed by atoms with Gasteiger partial charge in [-0.25, -0.2) is 0 Å². The molecule has 3 rings (SSSR count). The van der Waals surface area contributed by atoms with Crippen LogP contribution in [0.1, 0.15) is 10.4 Å². The van der Waals surface area contributed by atoms with Crippen molar-refractivity contribution in [3.8, 4) is 23.0 Å². The highest BCUT2D eigenvalue weighted by Gasteiger charge is 2.22. The lowest BCUT2D eigenvalue weighted by atomic mass is 10.1. The van der Waals surface area contributed by atoms with Crippen LogP contribution in [0.5, 0.6) is 23.0 Å². The van der Waals surface area contributed by atoms with Gasteiger partial charge in [0.05, 0.1) is 25.5 Å². The summed E-state index contributed by atoms with van der Waals surface area (Å²) in [5.74, 6) is 1.87. The van der Waals surface area contributed by atoms with Crippen LogP contribution in [0.15, 0.2) is 36.4 Å². The molecule has 1 aliphatic rings. The van der Waals surface area contributed by atoms with Crippen LogP contribution < -0.4 is 24.3 Å². The number of carbonyl (C=O) groups excluding carboxylic acids is 1. The zero-order valence-electron chi connectivity index (χ0n) is 12.2. The van der Waals surface area contributed by atoms with Gasteiger partial charge < -0.3 is 24.3 Å². The van der Waals surface area contributed by atoms with E-state index in [0.717, 1.165) is 0 Å². The number of carbonyl (C=O) groups is 1. The lowest BCUT2D eigenvalue weighted by molar-refractivity contribution is 0.102. The van der Waals surface area contributed by atoms with Gasteiger partial charge in [0, 0.05) is 6.07 Å². The summed E-state index contributed by atoms with van der Waals surface area (Å²) in [4.78, 5) is 12.5. The van der Waals surface area contributed by atoms with Gasteiger partial charge in [-0.15, -0.1) is 0 Å². The Bertz CT molecular complexity index is 714. The Morgan fingerprint density at radius 2 is 2.00 bits per heavy atom. The first-order valence-electron chi connectivity index (χ1n) is 6.65. The summed E-state index contributed by atoms with van der Waals surface area (Å²) in [5, 5.41) is 2.80. The number of para-hydroxylation sites is 1. The van der Waals surface area contributed by atoms with Gasteiger partial charge in [-0.1, -0.05) is 6.07 Å². The van der Waals surface area contributed by atoms with Crippen LogP contribution in [0.2, 0.25) is 0 Å². The Balaban J connectivity index is 1.88. The molecule has 0 unspecified atom stereocenters. The molecule has 0 spiro atoms. The van der Waals surface area contributed by atoms with Gasteiger partial charge in [-0.2, -0.15) is 0 Å². The topological polar surface area (TPSA) is 66.0 Å². The number of hydrogen-bond donors (Lipinski definition) is 1. The summed E-state index contributed by atoms with van der Waals surface area (Å²) < 4.78 is 21.0. The molecular formula is C16H15NO5. The largest absolute Gasteiger partial charge is 0.497 e. The van der Waals surface area contributed by atoms with Crippen LogP contribution in [0.25, 0.3) is 0 Å². The molecule has 0 atom stereocenters. The van der Waals surface area contributed by atoms with E-state index in [1.165, 1.54) is 7.11 Å². The van der Waals surface area contributed by atoms with Gasteiger partial charge in [0.2, 0.25) is 6.79 Å². The third kappa shape index (κ3) is 2.50.